The van der Waals surface area contributed by atoms with Crippen molar-refractivity contribution in [1.29, 1.82) is 0 Å². The molecule has 1 saturated heterocycles. The van der Waals surface area contributed by atoms with E-state index < -0.39 is 0 Å². The molecule has 1 aliphatic rings. The topological polar surface area (TPSA) is 30.4 Å². The highest BCUT2D eigenvalue weighted by atomic mass is 32.2. The average molecular weight is 362 g/mol. The standard InChI is InChI=1S/C22H22N2OS/c1-16(2)15-26-22-23-20(17-9-5-3-6-10-17)21(18-11-7-4-8-12-18)24(22)13-19-14-25-19/h3-12,19H,1,13-15H2,2H3/t19-/m1/s1. The van der Waals surface area contributed by atoms with Gasteiger partial charge in [0.25, 0.3) is 0 Å². The number of ether oxygens (including phenoxy) is 1. The van der Waals surface area contributed by atoms with Gasteiger partial charge in [-0.2, -0.15) is 0 Å². The zero-order valence-electron chi connectivity index (χ0n) is 14.9. The molecule has 0 saturated carbocycles. The fraction of sp³-hybridized carbons (Fsp3) is 0.227. The molecule has 0 N–H and O–H groups in total. The first-order valence-corrected chi connectivity index (χ1v) is 9.81. The van der Waals surface area contributed by atoms with Gasteiger partial charge in [0, 0.05) is 16.9 Å². The van der Waals surface area contributed by atoms with E-state index >= 15 is 0 Å². The van der Waals surface area contributed by atoms with Gasteiger partial charge < -0.3 is 9.30 Å². The van der Waals surface area contributed by atoms with Crippen LogP contribution in [-0.4, -0.2) is 28.0 Å². The van der Waals surface area contributed by atoms with Gasteiger partial charge in [0.15, 0.2) is 5.16 Å². The van der Waals surface area contributed by atoms with Crippen molar-refractivity contribution >= 4 is 11.8 Å². The third kappa shape index (κ3) is 3.76. The number of imidazole rings is 1. The summed E-state index contributed by atoms with van der Waals surface area (Å²) in [6.07, 6.45) is 0.291. The fourth-order valence-corrected chi connectivity index (χ4v) is 3.82. The highest BCUT2D eigenvalue weighted by molar-refractivity contribution is 7.99. The molecule has 4 rings (SSSR count). The zero-order valence-corrected chi connectivity index (χ0v) is 15.7. The average Bonchev–Trinajstić information content (AvgIpc) is 3.41. The largest absolute Gasteiger partial charge is 0.371 e. The highest BCUT2D eigenvalue weighted by Crippen LogP contribution is 2.37. The Morgan fingerprint density at radius 2 is 1.73 bits per heavy atom. The first-order valence-electron chi connectivity index (χ1n) is 8.82. The van der Waals surface area contributed by atoms with Crippen LogP contribution in [0.5, 0.6) is 0 Å². The minimum atomic E-state index is 0.291. The summed E-state index contributed by atoms with van der Waals surface area (Å²) < 4.78 is 7.85. The number of benzene rings is 2. The molecule has 0 amide bonds. The van der Waals surface area contributed by atoms with E-state index in [4.69, 9.17) is 9.72 Å². The van der Waals surface area contributed by atoms with Crippen LogP contribution in [0.4, 0.5) is 0 Å². The number of aromatic nitrogens is 2. The number of rotatable bonds is 7. The molecule has 1 aromatic heterocycles. The molecular formula is C22H22N2OS. The minimum absolute atomic E-state index is 0.291. The van der Waals surface area contributed by atoms with E-state index in [1.54, 1.807) is 11.8 Å². The lowest BCUT2D eigenvalue weighted by molar-refractivity contribution is 0.377. The second-order valence-electron chi connectivity index (χ2n) is 6.64. The molecule has 1 fully saturated rings. The van der Waals surface area contributed by atoms with Crippen LogP contribution in [0.3, 0.4) is 0 Å². The Morgan fingerprint density at radius 3 is 2.31 bits per heavy atom. The quantitative estimate of drug-likeness (QED) is 0.325. The second-order valence-corrected chi connectivity index (χ2v) is 7.58. The van der Waals surface area contributed by atoms with Gasteiger partial charge in [-0.05, 0) is 6.92 Å². The van der Waals surface area contributed by atoms with Gasteiger partial charge in [-0.25, -0.2) is 4.98 Å². The van der Waals surface area contributed by atoms with Crippen molar-refractivity contribution < 1.29 is 4.74 Å². The van der Waals surface area contributed by atoms with Crippen molar-refractivity contribution in [3.8, 4) is 22.5 Å². The van der Waals surface area contributed by atoms with Crippen LogP contribution >= 0.6 is 11.8 Å². The molecule has 0 spiro atoms. The van der Waals surface area contributed by atoms with E-state index in [0.29, 0.717) is 6.10 Å². The molecule has 1 aliphatic heterocycles. The molecule has 0 radical (unpaired) electrons. The first kappa shape index (κ1) is 17.1. The molecular weight excluding hydrogens is 340 g/mol. The van der Waals surface area contributed by atoms with Crippen LogP contribution < -0.4 is 0 Å². The Balaban J connectivity index is 1.87. The molecule has 0 bridgehead atoms. The van der Waals surface area contributed by atoms with E-state index in [-0.39, 0.29) is 0 Å². The SMILES string of the molecule is C=C(C)CSc1nc(-c2ccccc2)c(-c2ccccc2)n1C[C@@H]1CO1. The van der Waals surface area contributed by atoms with Gasteiger partial charge in [0.1, 0.15) is 0 Å². The molecule has 0 unspecified atom stereocenters. The van der Waals surface area contributed by atoms with E-state index in [2.05, 4.69) is 66.6 Å². The third-order valence-electron chi connectivity index (χ3n) is 4.26. The van der Waals surface area contributed by atoms with Crippen LogP contribution in [0.2, 0.25) is 0 Å². The van der Waals surface area contributed by atoms with Gasteiger partial charge in [-0.3, -0.25) is 0 Å². The van der Waals surface area contributed by atoms with Gasteiger partial charge >= 0.3 is 0 Å². The maximum absolute atomic E-state index is 5.52. The maximum Gasteiger partial charge on any atom is 0.169 e. The van der Waals surface area contributed by atoms with Gasteiger partial charge in [0.05, 0.1) is 30.6 Å². The summed E-state index contributed by atoms with van der Waals surface area (Å²) in [5.74, 6) is 0.866. The summed E-state index contributed by atoms with van der Waals surface area (Å²) in [5.41, 5.74) is 5.66. The number of nitrogens with zero attached hydrogens (tertiary/aromatic N) is 2. The number of hydrogen-bond acceptors (Lipinski definition) is 3. The lowest BCUT2D eigenvalue weighted by atomic mass is 10.0. The molecule has 4 heteroatoms. The van der Waals surface area contributed by atoms with E-state index in [9.17, 15) is 0 Å². The van der Waals surface area contributed by atoms with Crippen LogP contribution in [0, 0.1) is 0 Å². The smallest absolute Gasteiger partial charge is 0.169 e. The van der Waals surface area contributed by atoms with Crippen molar-refractivity contribution in [2.45, 2.75) is 24.7 Å². The summed E-state index contributed by atoms with van der Waals surface area (Å²) in [6, 6.07) is 20.9. The molecule has 3 nitrogen and oxygen atoms in total. The van der Waals surface area contributed by atoms with E-state index in [0.717, 1.165) is 46.6 Å². The Morgan fingerprint density at radius 1 is 1.12 bits per heavy atom. The lowest BCUT2D eigenvalue weighted by Crippen LogP contribution is -2.07. The molecule has 1 atom stereocenters. The Kier molecular flexibility index (Phi) is 4.96. The van der Waals surface area contributed by atoms with E-state index in [1.165, 1.54) is 5.56 Å². The summed E-state index contributed by atoms with van der Waals surface area (Å²) in [7, 11) is 0. The molecule has 3 aromatic rings. The Bertz CT molecular complexity index is 899. The monoisotopic (exact) mass is 362 g/mol. The van der Waals surface area contributed by atoms with Crippen LogP contribution in [-0.2, 0) is 11.3 Å². The number of epoxide rings is 1. The number of hydrogen-bond donors (Lipinski definition) is 0. The Labute approximate surface area is 158 Å². The Hall–Kier alpha value is -2.30. The van der Waals surface area contributed by atoms with Crippen LogP contribution in [0.15, 0.2) is 78.0 Å². The molecule has 2 heterocycles. The molecule has 2 aromatic carbocycles. The summed E-state index contributed by atoms with van der Waals surface area (Å²) >= 11 is 1.75. The zero-order chi connectivity index (χ0) is 17.9. The predicted molar refractivity (Wildman–Crippen MR) is 108 cm³/mol. The number of thioether (sulfide) groups is 1. The van der Waals surface area contributed by atoms with Crippen molar-refractivity contribution in [2.75, 3.05) is 12.4 Å². The van der Waals surface area contributed by atoms with Crippen molar-refractivity contribution in [3.05, 3.63) is 72.8 Å². The summed E-state index contributed by atoms with van der Waals surface area (Å²) in [4.78, 5) is 5.04. The molecule has 132 valence electrons. The summed E-state index contributed by atoms with van der Waals surface area (Å²) in [5, 5.41) is 1.03. The lowest BCUT2D eigenvalue weighted by Gasteiger charge is -2.12. The maximum atomic E-state index is 5.52. The highest BCUT2D eigenvalue weighted by Gasteiger charge is 2.28. The van der Waals surface area contributed by atoms with Crippen molar-refractivity contribution in [2.24, 2.45) is 0 Å². The third-order valence-corrected chi connectivity index (χ3v) is 5.47. The van der Waals surface area contributed by atoms with Crippen LogP contribution in [0.1, 0.15) is 6.92 Å². The summed E-state index contributed by atoms with van der Waals surface area (Å²) in [6.45, 7) is 7.76. The normalized spacial score (nSPS) is 15.8. The van der Waals surface area contributed by atoms with Crippen molar-refractivity contribution in [1.82, 2.24) is 9.55 Å². The second kappa shape index (κ2) is 7.52. The minimum Gasteiger partial charge on any atom is -0.371 e. The fourth-order valence-electron chi connectivity index (χ4n) is 2.96. The first-order chi connectivity index (χ1) is 12.7. The van der Waals surface area contributed by atoms with Gasteiger partial charge in [-0.1, -0.05) is 84.6 Å². The predicted octanol–water partition coefficient (Wildman–Crippen LogP) is 5.28. The van der Waals surface area contributed by atoms with E-state index in [1.807, 2.05) is 12.1 Å². The van der Waals surface area contributed by atoms with Gasteiger partial charge in [0.2, 0.25) is 0 Å². The van der Waals surface area contributed by atoms with Crippen molar-refractivity contribution in [3.63, 3.8) is 0 Å². The molecule has 26 heavy (non-hydrogen) atoms. The molecule has 0 aliphatic carbocycles. The van der Waals surface area contributed by atoms with Gasteiger partial charge in [-0.15, -0.1) is 0 Å². The van der Waals surface area contributed by atoms with Crippen LogP contribution in [0.25, 0.3) is 22.5 Å².